The van der Waals surface area contributed by atoms with E-state index >= 15 is 0 Å². The van der Waals surface area contributed by atoms with Gasteiger partial charge in [0.1, 0.15) is 11.8 Å². The average Bonchev–Trinajstić information content (AvgIpc) is 3.86. The van der Waals surface area contributed by atoms with Crippen molar-refractivity contribution in [1.82, 2.24) is 29.8 Å². The monoisotopic (exact) mass is 557 g/mol. The molecule has 3 saturated carbocycles. The Morgan fingerprint density at radius 2 is 1.98 bits per heavy atom. The summed E-state index contributed by atoms with van der Waals surface area (Å²) in [6.45, 7) is 0. The minimum atomic E-state index is -1.24. The fraction of sp³-hybridized carbons (Fsp3) is 0.345. The van der Waals surface area contributed by atoms with Gasteiger partial charge in [-0.15, -0.1) is 0 Å². The van der Waals surface area contributed by atoms with Crippen molar-refractivity contribution in [3.05, 3.63) is 77.6 Å². The van der Waals surface area contributed by atoms with E-state index in [1.807, 2.05) is 6.07 Å². The molecule has 10 nitrogen and oxygen atoms in total. The minimum absolute atomic E-state index is 0.0494. The van der Waals surface area contributed by atoms with Crippen LogP contribution in [0.2, 0.25) is 0 Å². The molecule has 3 unspecified atom stereocenters. The maximum atomic E-state index is 13.8. The molecule has 3 aliphatic carbocycles. The number of rotatable bonds is 5. The molecule has 1 aromatic carbocycles. The van der Waals surface area contributed by atoms with Gasteiger partial charge in [-0.3, -0.25) is 4.79 Å². The van der Waals surface area contributed by atoms with E-state index in [2.05, 4.69) is 42.4 Å². The summed E-state index contributed by atoms with van der Waals surface area (Å²) in [4.78, 5) is 30.6. The molecule has 3 heterocycles. The van der Waals surface area contributed by atoms with E-state index in [4.69, 9.17) is 0 Å². The van der Waals surface area contributed by atoms with Crippen molar-refractivity contribution in [2.24, 2.45) is 11.3 Å². The molecule has 4 aromatic rings. The van der Waals surface area contributed by atoms with E-state index in [-0.39, 0.29) is 29.6 Å². The van der Waals surface area contributed by atoms with E-state index in [0.29, 0.717) is 41.1 Å². The standard InChI is InChI=1S/C29H25F2N7O3/c1-32-28(41)29-12-17(29)23(24(39)25(29)40)38-13-34-22-26(35-20-11-16(20)14-5-7-18(30)19(31)10-14)36-21(37-27(22)38)8-6-15-4-2-3-9-33-15/h2-5,7,9-10,13,16-17,20,23-25,39-40H,11-12H2,1H3,(H,32,41)(H,35,36,37)/t16?,17?,20-,23-,24?,25+,29-/m1/s1. The SMILES string of the molecule is CNC(=O)[C@]12CC1[C@@H](n1cnc3c(N[C@@H]4CC4c4ccc(F)c(F)c4)nc(C#Cc4ccccn4)nc31)C(O)[C@@H]2O. The lowest BCUT2D eigenvalue weighted by molar-refractivity contribution is -0.132. The number of amides is 1. The van der Waals surface area contributed by atoms with Crippen LogP contribution in [0.3, 0.4) is 0 Å². The van der Waals surface area contributed by atoms with Crippen LogP contribution in [0.1, 0.15) is 41.9 Å². The molecule has 41 heavy (non-hydrogen) atoms. The summed E-state index contributed by atoms with van der Waals surface area (Å²) in [5.41, 5.74) is 0.951. The first kappa shape index (κ1) is 25.5. The summed E-state index contributed by atoms with van der Waals surface area (Å²) in [6, 6.07) is 8.50. The molecule has 3 aliphatic rings. The Kier molecular flexibility index (Phi) is 5.78. The summed E-state index contributed by atoms with van der Waals surface area (Å²) in [5, 5.41) is 27.8. The third-order valence-electron chi connectivity index (χ3n) is 8.52. The second kappa shape index (κ2) is 9.29. The Hall–Kier alpha value is -4.47. The van der Waals surface area contributed by atoms with Crippen molar-refractivity contribution in [3.8, 4) is 11.8 Å². The first-order chi connectivity index (χ1) is 19.8. The predicted molar refractivity (Wildman–Crippen MR) is 142 cm³/mol. The second-order valence-corrected chi connectivity index (χ2v) is 10.8. The van der Waals surface area contributed by atoms with Crippen molar-refractivity contribution < 1.29 is 23.8 Å². The second-order valence-electron chi connectivity index (χ2n) is 10.8. The fourth-order valence-electron chi connectivity index (χ4n) is 6.28. The van der Waals surface area contributed by atoms with E-state index in [9.17, 15) is 23.8 Å². The number of hydrogen-bond acceptors (Lipinski definition) is 8. The van der Waals surface area contributed by atoms with Crippen LogP contribution < -0.4 is 10.6 Å². The number of halogens is 2. The molecular formula is C29H25F2N7O3. The van der Waals surface area contributed by atoms with Crippen LogP contribution in [0.5, 0.6) is 0 Å². The van der Waals surface area contributed by atoms with Gasteiger partial charge in [-0.25, -0.2) is 28.7 Å². The van der Waals surface area contributed by atoms with E-state index in [0.717, 1.165) is 6.07 Å². The van der Waals surface area contributed by atoms with Crippen LogP contribution in [-0.4, -0.2) is 65.9 Å². The molecule has 0 bridgehead atoms. The van der Waals surface area contributed by atoms with Crippen molar-refractivity contribution in [1.29, 1.82) is 0 Å². The van der Waals surface area contributed by atoms with Gasteiger partial charge < -0.3 is 25.4 Å². The third-order valence-corrected chi connectivity index (χ3v) is 8.52. The highest BCUT2D eigenvalue weighted by Crippen LogP contribution is 2.67. The van der Waals surface area contributed by atoms with Gasteiger partial charge in [0.25, 0.3) is 0 Å². The van der Waals surface area contributed by atoms with Gasteiger partial charge in [0.05, 0.1) is 23.9 Å². The molecule has 0 aliphatic heterocycles. The van der Waals surface area contributed by atoms with Crippen LogP contribution in [0.15, 0.2) is 48.9 Å². The number of carbonyl (C=O) groups excluding carboxylic acids is 1. The van der Waals surface area contributed by atoms with Gasteiger partial charge in [0.2, 0.25) is 11.7 Å². The van der Waals surface area contributed by atoms with Gasteiger partial charge in [-0.2, -0.15) is 0 Å². The van der Waals surface area contributed by atoms with Crippen molar-refractivity contribution in [2.45, 2.75) is 43.1 Å². The summed E-state index contributed by atoms with van der Waals surface area (Å²) in [7, 11) is 1.51. The zero-order chi connectivity index (χ0) is 28.5. The number of benzene rings is 1. The van der Waals surface area contributed by atoms with Crippen LogP contribution >= 0.6 is 0 Å². The highest BCUT2D eigenvalue weighted by Gasteiger charge is 2.75. The Morgan fingerprint density at radius 3 is 2.73 bits per heavy atom. The van der Waals surface area contributed by atoms with Crippen molar-refractivity contribution in [3.63, 3.8) is 0 Å². The number of imidazole rings is 1. The Labute approximate surface area is 232 Å². The number of nitrogens with one attached hydrogen (secondary N) is 2. The number of fused-ring (bicyclic) bond motifs is 2. The number of hydrogen-bond donors (Lipinski definition) is 4. The first-order valence-corrected chi connectivity index (χ1v) is 13.3. The fourth-order valence-corrected chi connectivity index (χ4v) is 6.28. The predicted octanol–water partition coefficient (Wildman–Crippen LogP) is 1.90. The normalized spacial score (nSPS) is 29.4. The Morgan fingerprint density at radius 1 is 1.12 bits per heavy atom. The molecule has 0 saturated heterocycles. The lowest BCUT2D eigenvalue weighted by Gasteiger charge is -2.23. The number of nitrogens with zero attached hydrogens (tertiary/aromatic N) is 5. The number of aromatic nitrogens is 5. The molecule has 208 valence electrons. The highest BCUT2D eigenvalue weighted by molar-refractivity contribution is 5.88. The lowest BCUT2D eigenvalue weighted by Crippen LogP contribution is -2.41. The molecule has 0 radical (unpaired) electrons. The topological polar surface area (TPSA) is 138 Å². The summed E-state index contributed by atoms with van der Waals surface area (Å²) < 4.78 is 29.0. The Balaban J connectivity index is 1.26. The average molecular weight is 558 g/mol. The molecule has 7 rings (SSSR count). The van der Waals surface area contributed by atoms with E-state index in [1.165, 1.54) is 19.4 Å². The maximum Gasteiger partial charge on any atom is 0.229 e. The number of carbonyl (C=O) groups is 1. The number of aliphatic hydroxyl groups excluding tert-OH is 2. The zero-order valence-electron chi connectivity index (χ0n) is 21.8. The first-order valence-electron chi connectivity index (χ1n) is 13.3. The molecule has 3 aromatic heterocycles. The highest BCUT2D eigenvalue weighted by atomic mass is 19.2. The molecular weight excluding hydrogens is 532 g/mol. The molecule has 12 heteroatoms. The molecule has 7 atom stereocenters. The summed E-state index contributed by atoms with van der Waals surface area (Å²) in [6.07, 6.45) is 1.81. The third kappa shape index (κ3) is 4.03. The van der Waals surface area contributed by atoms with Crippen molar-refractivity contribution in [2.75, 3.05) is 12.4 Å². The van der Waals surface area contributed by atoms with Crippen LogP contribution in [-0.2, 0) is 4.79 Å². The number of pyridine rings is 1. The molecule has 1 amide bonds. The van der Waals surface area contributed by atoms with E-state index < -0.39 is 35.3 Å². The van der Waals surface area contributed by atoms with Gasteiger partial charge in [-0.05, 0) is 54.5 Å². The van der Waals surface area contributed by atoms with Crippen molar-refractivity contribution >= 4 is 22.9 Å². The largest absolute Gasteiger partial charge is 0.389 e. The summed E-state index contributed by atoms with van der Waals surface area (Å²) in [5.74, 6) is 4.02. The maximum absolute atomic E-state index is 13.8. The molecule has 4 N–H and O–H groups in total. The Bertz CT molecular complexity index is 1750. The van der Waals surface area contributed by atoms with Gasteiger partial charge in [0.15, 0.2) is 28.6 Å². The smallest absolute Gasteiger partial charge is 0.229 e. The summed E-state index contributed by atoms with van der Waals surface area (Å²) >= 11 is 0. The van der Waals surface area contributed by atoms with Gasteiger partial charge >= 0.3 is 0 Å². The van der Waals surface area contributed by atoms with Crippen LogP contribution in [0, 0.1) is 34.8 Å². The number of aliphatic hydroxyl groups is 2. The zero-order valence-corrected chi connectivity index (χ0v) is 21.8. The lowest BCUT2D eigenvalue weighted by atomic mass is 9.98. The van der Waals surface area contributed by atoms with Gasteiger partial charge in [-0.1, -0.05) is 12.1 Å². The van der Waals surface area contributed by atoms with Crippen LogP contribution in [0.4, 0.5) is 14.6 Å². The number of anilines is 1. The minimum Gasteiger partial charge on any atom is -0.389 e. The molecule has 0 spiro atoms. The molecule has 3 fully saturated rings. The van der Waals surface area contributed by atoms with E-state index in [1.54, 1.807) is 29.0 Å². The quantitative estimate of drug-likeness (QED) is 0.273. The van der Waals surface area contributed by atoms with Crippen LogP contribution in [0.25, 0.3) is 11.2 Å². The van der Waals surface area contributed by atoms with Gasteiger partial charge in [0, 0.05) is 31.1 Å².